The number of methoxy groups -OCH3 is 3. The molecule has 0 bridgehead atoms. The van der Waals surface area contributed by atoms with Gasteiger partial charge in [0.1, 0.15) is 5.75 Å². The average molecular weight is 465 g/mol. The minimum Gasteiger partial charge on any atom is -0.507 e. The predicted molar refractivity (Wildman–Crippen MR) is 113 cm³/mol. The fraction of sp³-hybridized carbons (Fsp3) is 0.381. The summed E-state index contributed by atoms with van der Waals surface area (Å²) in [6.45, 7) is 3.28. The number of piperazine rings is 1. The molecular weight excluding hydrogens is 440 g/mol. The van der Waals surface area contributed by atoms with Crippen LogP contribution in [0.5, 0.6) is 23.0 Å². The van der Waals surface area contributed by atoms with Gasteiger partial charge in [0.25, 0.3) is 5.91 Å². The van der Waals surface area contributed by atoms with Crippen LogP contribution in [0.2, 0.25) is 0 Å². The lowest BCUT2D eigenvalue weighted by atomic mass is 10.1. The highest BCUT2D eigenvalue weighted by atomic mass is 79.9. The summed E-state index contributed by atoms with van der Waals surface area (Å²) in [6.07, 6.45) is 0. The zero-order valence-electron chi connectivity index (χ0n) is 16.8. The Morgan fingerprint density at radius 1 is 1.00 bits per heavy atom. The van der Waals surface area contributed by atoms with Gasteiger partial charge in [-0.1, -0.05) is 22.0 Å². The molecule has 2 aromatic rings. The Hall–Kier alpha value is -2.45. The average Bonchev–Trinajstić information content (AvgIpc) is 2.75. The fourth-order valence-corrected chi connectivity index (χ4v) is 3.85. The van der Waals surface area contributed by atoms with Crippen LogP contribution in [0, 0.1) is 0 Å². The summed E-state index contributed by atoms with van der Waals surface area (Å²) in [7, 11) is 4.80. The molecule has 0 aromatic heterocycles. The van der Waals surface area contributed by atoms with E-state index in [9.17, 15) is 9.90 Å². The smallest absolute Gasteiger partial charge is 0.257 e. The van der Waals surface area contributed by atoms with Crippen molar-refractivity contribution in [1.82, 2.24) is 9.80 Å². The van der Waals surface area contributed by atoms with Gasteiger partial charge in [-0.25, -0.2) is 0 Å². The van der Waals surface area contributed by atoms with Crippen molar-refractivity contribution in [2.45, 2.75) is 6.54 Å². The molecule has 8 heteroatoms. The molecule has 1 saturated heterocycles. The molecule has 29 heavy (non-hydrogen) atoms. The maximum atomic E-state index is 12.8. The largest absolute Gasteiger partial charge is 0.507 e. The second-order valence-corrected chi connectivity index (χ2v) is 7.64. The third kappa shape index (κ3) is 4.59. The maximum absolute atomic E-state index is 12.8. The molecule has 0 saturated carbocycles. The van der Waals surface area contributed by atoms with Crippen molar-refractivity contribution < 1.29 is 24.1 Å². The molecule has 7 nitrogen and oxygen atoms in total. The summed E-state index contributed by atoms with van der Waals surface area (Å²) in [5.41, 5.74) is 1.31. The standard InChI is InChI=1S/C21H25BrN2O5/c1-27-18-7-4-14(19(28-2)20(18)29-3)13-23-8-10-24(11-9-23)21(26)16-12-15(22)5-6-17(16)25/h4-7,12,25H,8-11,13H2,1-3H3. The number of phenols is 1. The first-order valence-corrected chi connectivity index (χ1v) is 10.1. The van der Waals surface area contributed by atoms with Crippen LogP contribution in [0.25, 0.3) is 0 Å². The van der Waals surface area contributed by atoms with Crippen LogP contribution in [0.1, 0.15) is 15.9 Å². The molecule has 1 aliphatic heterocycles. The number of halogens is 1. The van der Waals surface area contributed by atoms with Crippen LogP contribution < -0.4 is 14.2 Å². The summed E-state index contributed by atoms with van der Waals surface area (Å²) in [5, 5.41) is 10.0. The molecule has 0 aliphatic carbocycles. The topological polar surface area (TPSA) is 71.5 Å². The van der Waals surface area contributed by atoms with Gasteiger partial charge in [-0.05, 0) is 24.3 Å². The number of carbonyl (C=O) groups excluding carboxylic acids is 1. The molecule has 0 atom stereocenters. The lowest BCUT2D eigenvalue weighted by Gasteiger charge is -2.35. The minimum absolute atomic E-state index is 0.00399. The molecule has 1 N–H and O–H groups in total. The predicted octanol–water partition coefficient (Wildman–Crippen LogP) is 3.14. The van der Waals surface area contributed by atoms with Gasteiger partial charge < -0.3 is 24.2 Å². The molecule has 1 fully saturated rings. The highest BCUT2D eigenvalue weighted by molar-refractivity contribution is 9.10. The SMILES string of the molecule is COc1ccc(CN2CCN(C(=O)c3cc(Br)ccc3O)CC2)c(OC)c1OC. The number of aromatic hydroxyl groups is 1. The normalized spacial score (nSPS) is 14.6. The molecule has 2 aromatic carbocycles. The van der Waals surface area contributed by atoms with Gasteiger partial charge in [-0.3, -0.25) is 9.69 Å². The Kier molecular flexibility index (Phi) is 6.87. The lowest BCUT2D eigenvalue weighted by molar-refractivity contribution is 0.0624. The first kappa shape index (κ1) is 21.3. The van der Waals surface area contributed by atoms with E-state index in [0.29, 0.717) is 42.4 Å². The van der Waals surface area contributed by atoms with Gasteiger partial charge in [0.2, 0.25) is 5.75 Å². The van der Waals surface area contributed by atoms with Crippen LogP contribution in [-0.4, -0.2) is 68.3 Å². The lowest BCUT2D eigenvalue weighted by Crippen LogP contribution is -2.48. The first-order chi connectivity index (χ1) is 14.0. The second-order valence-electron chi connectivity index (χ2n) is 6.72. The number of nitrogens with zero attached hydrogens (tertiary/aromatic N) is 2. The molecular formula is C21H25BrN2O5. The zero-order valence-corrected chi connectivity index (χ0v) is 18.4. The monoisotopic (exact) mass is 464 g/mol. The molecule has 1 amide bonds. The van der Waals surface area contributed by atoms with Gasteiger partial charge in [0.15, 0.2) is 11.5 Å². The van der Waals surface area contributed by atoms with E-state index >= 15 is 0 Å². The van der Waals surface area contributed by atoms with E-state index in [0.717, 1.165) is 23.1 Å². The van der Waals surface area contributed by atoms with Crippen molar-refractivity contribution in [2.24, 2.45) is 0 Å². The van der Waals surface area contributed by atoms with Crippen LogP contribution in [-0.2, 0) is 6.54 Å². The van der Waals surface area contributed by atoms with E-state index in [1.165, 1.54) is 6.07 Å². The summed E-state index contributed by atoms with van der Waals surface area (Å²) in [4.78, 5) is 16.8. The summed E-state index contributed by atoms with van der Waals surface area (Å²) in [5.74, 6) is 1.69. The van der Waals surface area contributed by atoms with Crippen LogP contribution in [0.15, 0.2) is 34.8 Å². The van der Waals surface area contributed by atoms with E-state index in [1.54, 1.807) is 38.4 Å². The van der Waals surface area contributed by atoms with Crippen LogP contribution in [0.4, 0.5) is 0 Å². The van der Waals surface area contributed by atoms with Gasteiger partial charge >= 0.3 is 0 Å². The number of hydrogen-bond acceptors (Lipinski definition) is 6. The number of amides is 1. The fourth-order valence-electron chi connectivity index (χ4n) is 3.49. The van der Waals surface area contributed by atoms with Gasteiger partial charge in [-0.2, -0.15) is 0 Å². The summed E-state index contributed by atoms with van der Waals surface area (Å²) in [6, 6.07) is 8.72. The molecule has 0 radical (unpaired) electrons. The van der Waals surface area contributed by atoms with Gasteiger partial charge in [0, 0.05) is 42.8 Å². The Morgan fingerprint density at radius 2 is 1.69 bits per heavy atom. The number of hydrogen-bond donors (Lipinski definition) is 1. The summed E-state index contributed by atoms with van der Waals surface area (Å²) >= 11 is 3.35. The number of carbonyl (C=O) groups is 1. The number of benzene rings is 2. The Labute approximate surface area is 178 Å². The van der Waals surface area contributed by atoms with Crippen molar-refractivity contribution in [2.75, 3.05) is 47.5 Å². The van der Waals surface area contributed by atoms with Gasteiger partial charge in [-0.15, -0.1) is 0 Å². The van der Waals surface area contributed by atoms with Crippen molar-refractivity contribution in [3.05, 3.63) is 45.9 Å². The van der Waals surface area contributed by atoms with E-state index < -0.39 is 0 Å². The van der Waals surface area contributed by atoms with Crippen LogP contribution in [0.3, 0.4) is 0 Å². The quantitative estimate of drug-likeness (QED) is 0.707. The molecule has 0 unspecified atom stereocenters. The zero-order chi connectivity index (χ0) is 21.0. The molecule has 1 aliphatic rings. The Balaban J connectivity index is 1.67. The Bertz CT molecular complexity index is 882. The molecule has 0 spiro atoms. The van der Waals surface area contributed by atoms with Crippen LogP contribution >= 0.6 is 15.9 Å². The van der Waals surface area contributed by atoms with Crippen molar-refractivity contribution in [1.29, 1.82) is 0 Å². The Morgan fingerprint density at radius 3 is 2.31 bits per heavy atom. The number of phenolic OH excluding ortho intramolecular Hbond substituents is 1. The molecule has 1 heterocycles. The van der Waals surface area contributed by atoms with E-state index in [-0.39, 0.29) is 11.7 Å². The third-order valence-electron chi connectivity index (χ3n) is 5.03. The van der Waals surface area contributed by atoms with Crippen molar-refractivity contribution >= 4 is 21.8 Å². The van der Waals surface area contributed by atoms with E-state index in [1.807, 2.05) is 12.1 Å². The number of ether oxygens (including phenoxy) is 3. The van der Waals surface area contributed by atoms with E-state index in [4.69, 9.17) is 14.2 Å². The maximum Gasteiger partial charge on any atom is 0.257 e. The molecule has 156 valence electrons. The number of rotatable bonds is 6. The highest BCUT2D eigenvalue weighted by Crippen LogP contribution is 2.40. The van der Waals surface area contributed by atoms with E-state index in [2.05, 4.69) is 20.8 Å². The summed E-state index contributed by atoms with van der Waals surface area (Å²) < 4.78 is 17.1. The van der Waals surface area contributed by atoms with Gasteiger partial charge in [0.05, 0.1) is 26.9 Å². The van der Waals surface area contributed by atoms with Crippen molar-refractivity contribution in [3.8, 4) is 23.0 Å². The highest BCUT2D eigenvalue weighted by Gasteiger charge is 2.25. The minimum atomic E-state index is -0.160. The third-order valence-corrected chi connectivity index (χ3v) is 5.52. The first-order valence-electron chi connectivity index (χ1n) is 9.26. The second kappa shape index (κ2) is 9.37. The van der Waals surface area contributed by atoms with Crippen molar-refractivity contribution in [3.63, 3.8) is 0 Å². The molecule has 3 rings (SSSR count).